The molecule has 30 heavy (non-hydrogen) atoms. The zero-order valence-electron chi connectivity index (χ0n) is 16.1. The molecule has 0 fully saturated rings. The van der Waals surface area contributed by atoms with Crippen molar-refractivity contribution in [1.29, 1.82) is 0 Å². The van der Waals surface area contributed by atoms with Gasteiger partial charge in [-0.3, -0.25) is 9.78 Å². The van der Waals surface area contributed by atoms with Gasteiger partial charge in [0.2, 0.25) is 0 Å². The highest BCUT2D eigenvalue weighted by molar-refractivity contribution is 7.09. The topological polar surface area (TPSA) is 117 Å². The quantitative estimate of drug-likeness (QED) is 0.470. The summed E-state index contributed by atoms with van der Waals surface area (Å²) in [5.41, 5.74) is 5.86. The minimum atomic E-state index is -4.47. The van der Waals surface area contributed by atoms with E-state index in [1.54, 1.807) is 25.3 Å². The fourth-order valence-electron chi connectivity index (χ4n) is 2.70. The van der Waals surface area contributed by atoms with E-state index in [0.717, 1.165) is 12.3 Å². The highest BCUT2D eigenvalue weighted by Crippen LogP contribution is 2.30. The molecule has 0 spiro atoms. The fraction of sp³-hybridized carbons (Fsp3) is 0.316. The highest BCUT2D eigenvalue weighted by Gasteiger charge is 2.32. The molecular weight excluding hydrogens is 419 g/mol. The number of thiazole rings is 1. The second-order valence-corrected chi connectivity index (χ2v) is 8.17. The van der Waals surface area contributed by atoms with Crippen LogP contribution in [-0.2, 0) is 12.8 Å². The van der Waals surface area contributed by atoms with E-state index in [-0.39, 0.29) is 18.0 Å². The number of nitrogens with one attached hydrogen (secondary N) is 2. The van der Waals surface area contributed by atoms with E-state index in [0.29, 0.717) is 16.4 Å². The number of halogens is 3. The Kier molecular flexibility index (Phi) is 5.97. The Bertz CT molecular complexity index is 1020. The molecule has 0 saturated carbocycles. The second kappa shape index (κ2) is 8.17. The average Bonchev–Trinajstić information content (AvgIpc) is 3.34. The third-order valence-electron chi connectivity index (χ3n) is 4.30. The van der Waals surface area contributed by atoms with Crippen LogP contribution in [0.3, 0.4) is 0 Å². The number of hydrogen-bond acceptors (Lipinski definition) is 6. The van der Waals surface area contributed by atoms with E-state index in [9.17, 15) is 23.1 Å². The standard InChI is InChI=1S/C19H20F3N5O2S/c1-18(2,23)15(17-25-11(8-28)9-30-17)27-16(29)14-6-5-13(26-14)12-4-3-10(7-24-12)19(20,21)22/h3-7,9,15,26,28H,8,23H2,1-2H3,(H,27,29)/t15-/m1/s1. The monoisotopic (exact) mass is 439 g/mol. The van der Waals surface area contributed by atoms with Crippen LogP contribution in [0.15, 0.2) is 35.8 Å². The van der Waals surface area contributed by atoms with Crippen molar-refractivity contribution >= 4 is 17.2 Å². The number of carbonyl (C=O) groups is 1. The van der Waals surface area contributed by atoms with E-state index in [1.165, 1.54) is 23.5 Å². The molecule has 0 radical (unpaired) electrons. The number of alkyl halides is 3. The largest absolute Gasteiger partial charge is 0.417 e. The van der Waals surface area contributed by atoms with E-state index in [2.05, 4.69) is 20.3 Å². The van der Waals surface area contributed by atoms with Crippen molar-refractivity contribution < 1.29 is 23.1 Å². The number of aromatic amines is 1. The van der Waals surface area contributed by atoms with Crippen molar-refractivity contribution in [2.75, 3.05) is 0 Å². The average molecular weight is 439 g/mol. The SMILES string of the molecule is CC(C)(N)[C@H](NC(=O)c1ccc(-c2ccc(C(F)(F)F)cn2)[nH]1)c1nc(CO)cs1. The Morgan fingerprint density at radius 2 is 2.03 bits per heavy atom. The number of hydrogen-bond donors (Lipinski definition) is 4. The zero-order chi connectivity index (χ0) is 22.1. The first-order valence-corrected chi connectivity index (χ1v) is 9.74. The van der Waals surface area contributed by atoms with Crippen LogP contribution < -0.4 is 11.1 Å². The van der Waals surface area contributed by atoms with Crippen molar-refractivity contribution in [1.82, 2.24) is 20.3 Å². The predicted octanol–water partition coefficient (Wildman–Crippen LogP) is 3.25. The van der Waals surface area contributed by atoms with Crippen LogP contribution in [0.1, 0.15) is 46.6 Å². The molecule has 160 valence electrons. The molecule has 3 rings (SSSR count). The summed E-state index contributed by atoms with van der Waals surface area (Å²) in [6.07, 6.45) is -3.73. The number of pyridine rings is 1. The lowest BCUT2D eigenvalue weighted by molar-refractivity contribution is -0.137. The number of H-pyrrole nitrogens is 1. The third kappa shape index (κ3) is 4.86. The third-order valence-corrected chi connectivity index (χ3v) is 5.25. The molecule has 0 aliphatic heterocycles. The van der Waals surface area contributed by atoms with Crippen LogP contribution in [0.4, 0.5) is 13.2 Å². The van der Waals surface area contributed by atoms with E-state index in [4.69, 9.17) is 5.73 Å². The van der Waals surface area contributed by atoms with Crippen molar-refractivity contribution in [3.05, 3.63) is 57.8 Å². The summed E-state index contributed by atoms with van der Waals surface area (Å²) in [6, 6.07) is 4.60. The molecule has 0 unspecified atom stereocenters. The Labute approximate surface area is 174 Å². The smallest absolute Gasteiger partial charge is 0.390 e. The minimum Gasteiger partial charge on any atom is -0.390 e. The maximum absolute atomic E-state index is 12.7. The first-order chi connectivity index (χ1) is 14.0. The van der Waals surface area contributed by atoms with Gasteiger partial charge in [-0.2, -0.15) is 13.2 Å². The van der Waals surface area contributed by atoms with Crippen LogP contribution >= 0.6 is 11.3 Å². The summed E-state index contributed by atoms with van der Waals surface area (Å²) >= 11 is 1.27. The van der Waals surface area contributed by atoms with Gasteiger partial charge < -0.3 is 21.1 Å². The lowest BCUT2D eigenvalue weighted by Gasteiger charge is -2.29. The van der Waals surface area contributed by atoms with Crippen LogP contribution in [0.5, 0.6) is 0 Å². The molecule has 7 nitrogen and oxygen atoms in total. The van der Waals surface area contributed by atoms with Gasteiger partial charge in [0.25, 0.3) is 5.91 Å². The Balaban J connectivity index is 1.79. The van der Waals surface area contributed by atoms with Crippen molar-refractivity contribution in [2.45, 2.75) is 38.2 Å². The number of amides is 1. The summed E-state index contributed by atoms with van der Waals surface area (Å²) < 4.78 is 38.1. The summed E-state index contributed by atoms with van der Waals surface area (Å²) in [5.74, 6) is -0.461. The molecule has 3 aromatic rings. The Morgan fingerprint density at radius 3 is 2.57 bits per heavy atom. The number of aromatic nitrogens is 3. The second-order valence-electron chi connectivity index (χ2n) is 7.28. The lowest BCUT2D eigenvalue weighted by Crippen LogP contribution is -2.48. The molecule has 5 N–H and O–H groups in total. The molecule has 0 saturated heterocycles. The van der Waals surface area contributed by atoms with Gasteiger partial charge in [0.1, 0.15) is 10.7 Å². The summed E-state index contributed by atoms with van der Waals surface area (Å²) in [4.78, 5) is 23.7. The maximum atomic E-state index is 12.7. The zero-order valence-corrected chi connectivity index (χ0v) is 16.9. The Morgan fingerprint density at radius 1 is 1.30 bits per heavy atom. The number of aliphatic hydroxyl groups excluding tert-OH is 1. The van der Waals surface area contributed by atoms with Crippen LogP contribution in [0.2, 0.25) is 0 Å². The number of carbonyl (C=O) groups excluding carboxylic acids is 1. The van der Waals surface area contributed by atoms with Crippen molar-refractivity contribution in [2.24, 2.45) is 5.73 Å². The first kappa shape index (κ1) is 21.9. The van der Waals surface area contributed by atoms with Crippen LogP contribution in [0, 0.1) is 0 Å². The molecule has 0 bridgehead atoms. The summed E-state index contributed by atoms with van der Waals surface area (Å²) in [7, 11) is 0. The Hall–Kier alpha value is -2.76. The van der Waals surface area contributed by atoms with Gasteiger partial charge in [0.05, 0.1) is 35.3 Å². The fourth-order valence-corrected chi connectivity index (χ4v) is 3.75. The normalized spacial score (nSPS) is 13.3. The van der Waals surface area contributed by atoms with Gasteiger partial charge in [-0.05, 0) is 38.1 Å². The van der Waals surface area contributed by atoms with Crippen LogP contribution in [0.25, 0.3) is 11.4 Å². The van der Waals surface area contributed by atoms with Crippen LogP contribution in [-0.4, -0.2) is 31.5 Å². The number of rotatable bonds is 6. The molecular formula is C19H20F3N5O2S. The number of nitrogens with zero attached hydrogens (tertiary/aromatic N) is 2. The number of aliphatic hydroxyl groups is 1. The molecule has 1 amide bonds. The molecule has 3 aromatic heterocycles. The summed E-state index contributed by atoms with van der Waals surface area (Å²) in [6.45, 7) is 3.26. The maximum Gasteiger partial charge on any atom is 0.417 e. The molecule has 0 aliphatic carbocycles. The molecule has 0 aromatic carbocycles. The van der Waals surface area contributed by atoms with Gasteiger partial charge in [0.15, 0.2) is 0 Å². The van der Waals surface area contributed by atoms with Gasteiger partial charge >= 0.3 is 6.18 Å². The molecule has 1 atom stereocenters. The van der Waals surface area contributed by atoms with Gasteiger partial charge in [-0.1, -0.05) is 0 Å². The molecule has 3 heterocycles. The highest BCUT2D eigenvalue weighted by atomic mass is 32.1. The predicted molar refractivity (Wildman–Crippen MR) is 106 cm³/mol. The first-order valence-electron chi connectivity index (χ1n) is 8.86. The minimum absolute atomic E-state index is 0.194. The molecule has 11 heteroatoms. The lowest BCUT2D eigenvalue weighted by atomic mass is 9.96. The van der Waals surface area contributed by atoms with E-state index < -0.39 is 29.2 Å². The molecule has 0 aliphatic rings. The van der Waals surface area contributed by atoms with Gasteiger partial charge in [-0.15, -0.1) is 11.3 Å². The van der Waals surface area contributed by atoms with E-state index in [1.807, 2.05) is 0 Å². The number of nitrogens with two attached hydrogens (primary N) is 1. The van der Waals surface area contributed by atoms with Gasteiger partial charge in [-0.25, -0.2) is 4.98 Å². The summed E-state index contributed by atoms with van der Waals surface area (Å²) in [5, 5.41) is 14.3. The van der Waals surface area contributed by atoms with Gasteiger partial charge in [0, 0.05) is 17.1 Å². The van der Waals surface area contributed by atoms with E-state index >= 15 is 0 Å². The van der Waals surface area contributed by atoms with Crippen molar-refractivity contribution in [3.63, 3.8) is 0 Å². The van der Waals surface area contributed by atoms with Crippen molar-refractivity contribution in [3.8, 4) is 11.4 Å².